The van der Waals surface area contributed by atoms with Crippen molar-refractivity contribution in [3.8, 4) is 0 Å². The van der Waals surface area contributed by atoms with Crippen molar-refractivity contribution in [1.82, 2.24) is 20.1 Å². The lowest BCUT2D eigenvalue weighted by atomic mass is 10.1. The molecule has 0 radical (unpaired) electrons. The fourth-order valence-corrected chi connectivity index (χ4v) is 3.78. The molecule has 4 amide bonds. The highest BCUT2D eigenvalue weighted by molar-refractivity contribution is 6.21. The van der Waals surface area contributed by atoms with Crippen LogP contribution >= 0.6 is 0 Å². The predicted octanol–water partition coefficient (Wildman–Crippen LogP) is 1.77. The van der Waals surface area contributed by atoms with Crippen molar-refractivity contribution in [2.75, 3.05) is 50.5 Å². The zero-order valence-corrected chi connectivity index (χ0v) is 17.7. The summed E-state index contributed by atoms with van der Waals surface area (Å²) in [7, 11) is 3.57. The summed E-state index contributed by atoms with van der Waals surface area (Å²) < 4.78 is 0. The molecule has 3 heterocycles. The van der Waals surface area contributed by atoms with E-state index in [4.69, 9.17) is 0 Å². The van der Waals surface area contributed by atoms with Crippen LogP contribution in [0.2, 0.25) is 0 Å². The van der Waals surface area contributed by atoms with E-state index in [9.17, 15) is 14.4 Å². The van der Waals surface area contributed by atoms with Gasteiger partial charge >= 0.3 is 6.03 Å². The Balaban J connectivity index is 1.31. The SMILES string of the molecule is CN1CCCN(c2ccc(CNC(=O)Nc3ccc4c(c3)C(=O)N(C)C4=O)cn2)CC1. The van der Waals surface area contributed by atoms with Gasteiger partial charge in [0.1, 0.15) is 5.82 Å². The number of pyridine rings is 1. The van der Waals surface area contributed by atoms with Gasteiger partial charge in [-0.15, -0.1) is 0 Å². The van der Waals surface area contributed by atoms with Gasteiger partial charge in [0.2, 0.25) is 0 Å². The molecule has 0 aliphatic carbocycles. The lowest BCUT2D eigenvalue weighted by Gasteiger charge is -2.21. The summed E-state index contributed by atoms with van der Waals surface area (Å²) >= 11 is 0. The molecule has 0 bridgehead atoms. The monoisotopic (exact) mass is 422 g/mol. The molecule has 1 aromatic carbocycles. The standard InChI is InChI=1S/C22H26N6O3/c1-26-8-3-9-28(11-10-26)19-7-4-15(13-23-19)14-24-22(31)25-16-5-6-17-18(12-16)21(30)27(2)20(17)29/h4-7,12-13H,3,8-11,14H2,1-2H3,(H2,24,25,31). The summed E-state index contributed by atoms with van der Waals surface area (Å²) in [6.07, 6.45) is 2.89. The number of nitrogens with one attached hydrogen (secondary N) is 2. The summed E-state index contributed by atoms with van der Waals surface area (Å²) in [5.41, 5.74) is 1.99. The highest BCUT2D eigenvalue weighted by atomic mass is 16.2. The number of imide groups is 1. The molecular weight excluding hydrogens is 396 g/mol. The number of amides is 4. The summed E-state index contributed by atoms with van der Waals surface area (Å²) in [5.74, 6) is 0.247. The molecule has 1 saturated heterocycles. The number of nitrogens with zero attached hydrogens (tertiary/aromatic N) is 4. The van der Waals surface area contributed by atoms with Crippen LogP contribution < -0.4 is 15.5 Å². The third kappa shape index (κ3) is 4.51. The molecule has 2 N–H and O–H groups in total. The third-order valence-electron chi connectivity index (χ3n) is 5.65. The molecule has 0 unspecified atom stereocenters. The Morgan fingerprint density at radius 3 is 2.58 bits per heavy atom. The van der Waals surface area contributed by atoms with E-state index in [-0.39, 0.29) is 11.8 Å². The number of rotatable bonds is 4. The van der Waals surface area contributed by atoms with Gasteiger partial charge in [-0.2, -0.15) is 0 Å². The number of carbonyl (C=O) groups is 3. The maximum Gasteiger partial charge on any atom is 0.319 e. The maximum atomic E-state index is 12.3. The van der Waals surface area contributed by atoms with Crippen molar-refractivity contribution in [1.29, 1.82) is 0 Å². The molecule has 0 atom stereocenters. The second-order valence-corrected chi connectivity index (χ2v) is 7.91. The van der Waals surface area contributed by atoms with Crippen molar-refractivity contribution in [2.45, 2.75) is 13.0 Å². The van der Waals surface area contributed by atoms with Crippen molar-refractivity contribution in [3.05, 3.63) is 53.2 Å². The molecule has 2 aliphatic rings. The van der Waals surface area contributed by atoms with E-state index < -0.39 is 6.03 Å². The number of hydrogen-bond donors (Lipinski definition) is 2. The molecule has 9 nitrogen and oxygen atoms in total. The van der Waals surface area contributed by atoms with E-state index in [0.29, 0.717) is 23.4 Å². The average Bonchev–Trinajstić information content (AvgIpc) is 2.92. The second-order valence-electron chi connectivity index (χ2n) is 7.91. The number of urea groups is 1. The minimum atomic E-state index is -0.398. The minimum absolute atomic E-state index is 0.296. The normalized spacial score (nSPS) is 16.8. The van der Waals surface area contributed by atoms with Crippen LogP contribution in [-0.4, -0.2) is 72.9 Å². The fourth-order valence-electron chi connectivity index (χ4n) is 3.78. The zero-order chi connectivity index (χ0) is 22.0. The number of benzene rings is 1. The molecule has 2 aliphatic heterocycles. The van der Waals surface area contributed by atoms with Gasteiger partial charge in [0.05, 0.1) is 11.1 Å². The molecule has 1 aromatic heterocycles. The molecule has 4 rings (SSSR count). The summed E-state index contributed by atoms with van der Waals surface area (Å²) in [5, 5.41) is 5.49. The van der Waals surface area contributed by atoms with Gasteiger partial charge < -0.3 is 20.4 Å². The van der Waals surface area contributed by atoms with E-state index in [1.165, 1.54) is 13.1 Å². The van der Waals surface area contributed by atoms with Crippen LogP contribution in [0.4, 0.5) is 16.3 Å². The zero-order valence-electron chi connectivity index (χ0n) is 17.7. The maximum absolute atomic E-state index is 12.3. The first-order valence-corrected chi connectivity index (χ1v) is 10.3. The van der Waals surface area contributed by atoms with Gasteiger partial charge in [-0.3, -0.25) is 14.5 Å². The van der Waals surface area contributed by atoms with Gasteiger partial charge in [-0.1, -0.05) is 6.07 Å². The first-order chi connectivity index (χ1) is 14.9. The molecule has 1 fully saturated rings. The molecular formula is C22H26N6O3. The second kappa shape index (κ2) is 8.73. The van der Waals surface area contributed by atoms with E-state index in [2.05, 4.69) is 32.5 Å². The Bertz CT molecular complexity index is 1010. The molecule has 0 spiro atoms. The van der Waals surface area contributed by atoms with Gasteiger partial charge in [-0.25, -0.2) is 9.78 Å². The number of anilines is 2. The lowest BCUT2D eigenvalue weighted by Crippen LogP contribution is -2.30. The van der Waals surface area contributed by atoms with E-state index in [1.54, 1.807) is 18.3 Å². The molecule has 2 aromatic rings. The Morgan fingerprint density at radius 2 is 1.81 bits per heavy atom. The van der Waals surface area contributed by atoms with E-state index in [0.717, 1.165) is 48.9 Å². The van der Waals surface area contributed by atoms with Crippen LogP contribution in [0.15, 0.2) is 36.5 Å². The largest absolute Gasteiger partial charge is 0.355 e. The quantitative estimate of drug-likeness (QED) is 0.729. The van der Waals surface area contributed by atoms with Gasteiger partial charge in [0.25, 0.3) is 11.8 Å². The van der Waals surface area contributed by atoms with Crippen LogP contribution in [0.25, 0.3) is 0 Å². The first-order valence-electron chi connectivity index (χ1n) is 10.3. The Morgan fingerprint density at radius 1 is 1.00 bits per heavy atom. The van der Waals surface area contributed by atoms with Crippen molar-refractivity contribution >= 4 is 29.4 Å². The van der Waals surface area contributed by atoms with E-state index in [1.807, 2.05) is 12.1 Å². The molecule has 9 heteroatoms. The Kier molecular flexibility index (Phi) is 5.85. The Hall–Kier alpha value is -3.46. The molecule has 31 heavy (non-hydrogen) atoms. The summed E-state index contributed by atoms with van der Waals surface area (Å²) in [6, 6.07) is 8.24. The summed E-state index contributed by atoms with van der Waals surface area (Å²) in [4.78, 5) is 46.5. The smallest absolute Gasteiger partial charge is 0.319 e. The number of fused-ring (bicyclic) bond motifs is 1. The van der Waals surface area contributed by atoms with Crippen LogP contribution in [0, 0.1) is 0 Å². The fraction of sp³-hybridized carbons (Fsp3) is 0.364. The first kappa shape index (κ1) is 20.8. The van der Waals surface area contributed by atoms with E-state index >= 15 is 0 Å². The Labute approximate surface area is 181 Å². The summed E-state index contributed by atoms with van der Waals surface area (Å²) in [6.45, 7) is 4.38. The number of likely N-dealkylation sites (N-methyl/N-ethyl adjacent to an activating group) is 1. The van der Waals surface area contributed by atoms with Gasteiger partial charge in [0, 0.05) is 45.1 Å². The van der Waals surface area contributed by atoms with Crippen LogP contribution in [-0.2, 0) is 6.54 Å². The number of hydrogen-bond acceptors (Lipinski definition) is 6. The van der Waals surface area contributed by atoms with Gasteiger partial charge in [-0.05, 0) is 49.8 Å². The number of aromatic nitrogens is 1. The molecule has 0 saturated carbocycles. The highest BCUT2D eigenvalue weighted by Crippen LogP contribution is 2.24. The van der Waals surface area contributed by atoms with Crippen molar-refractivity contribution in [3.63, 3.8) is 0 Å². The van der Waals surface area contributed by atoms with Gasteiger partial charge in [0.15, 0.2) is 0 Å². The molecule has 162 valence electrons. The highest BCUT2D eigenvalue weighted by Gasteiger charge is 2.32. The minimum Gasteiger partial charge on any atom is -0.355 e. The van der Waals surface area contributed by atoms with Crippen molar-refractivity contribution < 1.29 is 14.4 Å². The van der Waals surface area contributed by atoms with Crippen LogP contribution in [0.5, 0.6) is 0 Å². The average molecular weight is 422 g/mol. The lowest BCUT2D eigenvalue weighted by molar-refractivity contribution is 0.0693. The van der Waals surface area contributed by atoms with Crippen molar-refractivity contribution in [2.24, 2.45) is 0 Å². The third-order valence-corrected chi connectivity index (χ3v) is 5.65. The van der Waals surface area contributed by atoms with Crippen LogP contribution in [0.1, 0.15) is 32.7 Å². The number of carbonyl (C=O) groups excluding carboxylic acids is 3. The topological polar surface area (TPSA) is 97.9 Å². The van der Waals surface area contributed by atoms with Crippen LogP contribution in [0.3, 0.4) is 0 Å². The predicted molar refractivity (Wildman–Crippen MR) is 117 cm³/mol.